The molecule has 5 aromatic rings. The third-order valence-electron chi connectivity index (χ3n) is 7.66. The van der Waals surface area contributed by atoms with E-state index in [4.69, 9.17) is 28.1 Å². The first-order valence-electron chi connectivity index (χ1n) is 13.9. The Labute approximate surface area is 248 Å². The van der Waals surface area contributed by atoms with Crippen molar-refractivity contribution in [1.82, 2.24) is 0 Å². The molecule has 43 heavy (non-hydrogen) atoms. The molecule has 8 nitrogen and oxygen atoms in total. The minimum Gasteiger partial charge on any atom is -0.493 e. The number of methoxy groups -OCH3 is 3. The van der Waals surface area contributed by atoms with Crippen LogP contribution < -0.4 is 29.1 Å². The second-order valence-electron chi connectivity index (χ2n) is 10.1. The van der Waals surface area contributed by atoms with Gasteiger partial charge in [0.1, 0.15) is 17.6 Å². The molecule has 0 N–H and O–H groups in total. The smallest absolute Gasteiger partial charge is 0.312 e. The minimum atomic E-state index is -0.503. The van der Waals surface area contributed by atoms with E-state index in [0.29, 0.717) is 69.4 Å². The molecule has 0 bridgehead atoms. The van der Waals surface area contributed by atoms with E-state index in [9.17, 15) is 9.59 Å². The zero-order chi connectivity index (χ0) is 29.9. The maximum absolute atomic E-state index is 13.8. The maximum Gasteiger partial charge on any atom is 0.312 e. The average Bonchev–Trinajstić information content (AvgIpc) is 3.04. The van der Waals surface area contributed by atoms with Crippen molar-refractivity contribution < 1.29 is 32.9 Å². The fraction of sp³-hybridized carbons (Fsp3) is 0.200. The lowest BCUT2D eigenvalue weighted by Crippen LogP contribution is -2.22. The summed E-state index contributed by atoms with van der Waals surface area (Å²) in [6.45, 7) is 0.403. The van der Waals surface area contributed by atoms with E-state index in [-0.39, 0.29) is 17.8 Å². The molecule has 0 saturated carbocycles. The molecule has 0 radical (unpaired) electrons. The Kier molecular flexibility index (Phi) is 7.75. The summed E-state index contributed by atoms with van der Waals surface area (Å²) in [5.74, 6) is 1.58. The van der Waals surface area contributed by atoms with E-state index in [0.717, 1.165) is 11.1 Å². The van der Waals surface area contributed by atoms with Crippen LogP contribution in [0.1, 0.15) is 29.0 Å². The van der Waals surface area contributed by atoms with Crippen LogP contribution in [0.15, 0.2) is 94.3 Å². The van der Waals surface area contributed by atoms with Crippen molar-refractivity contribution in [3.8, 4) is 39.9 Å². The second kappa shape index (κ2) is 11.9. The molecule has 1 aromatic heterocycles. The van der Waals surface area contributed by atoms with E-state index < -0.39 is 5.92 Å². The average molecular weight is 579 g/mol. The molecule has 1 atom stereocenters. The van der Waals surface area contributed by atoms with Crippen molar-refractivity contribution >= 4 is 16.9 Å². The highest BCUT2D eigenvalue weighted by atomic mass is 16.5. The van der Waals surface area contributed by atoms with Crippen molar-refractivity contribution in [2.75, 3.05) is 27.9 Å². The molecular weight excluding hydrogens is 548 g/mol. The lowest BCUT2D eigenvalue weighted by atomic mass is 9.84. The highest BCUT2D eigenvalue weighted by Crippen LogP contribution is 2.47. The summed E-state index contributed by atoms with van der Waals surface area (Å²) in [7, 11) is 4.67. The molecule has 4 aromatic carbocycles. The van der Waals surface area contributed by atoms with Gasteiger partial charge in [-0.15, -0.1) is 0 Å². The molecular formula is C35H30O8. The molecule has 1 aliphatic heterocycles. The normalized spacial score (nSPS) is 14.1. The van der Waals surface area contributed by atoms with Crippen LogP contribution in [0.25, 0.3) is 22.1 Å². The number of rotatable bonds is 9. The maximum atomic E-state index is 13.8. The molecule has 0 unspecified atom stereocenters. The van der Waals surface area contributed by atoms with Crippen molar-refractivity contribution in [3.05, 3.63) is 112 Å². The van der Waals surface area contributed by atoms with Crippen LogP contribution in [0.3, 0.4) is 0 Å². The highest BCUT2D eigenvalue weighted by molar-refractivity contribution is 5.90. The summed E-state index contributed by atoms with van der Waals surface area (Å²) >= 11 is 0. The topological polar surface area (TPSA) is 93.4 Å². The van der Waals surface area contributed by atoms with Gasteiger partial charge in [0.25, 0.3) is 0 Å². The molecule has 0 aliphatic carbocycles. The van der Waals surface area contributed by atoms with Gasteiger partial charge in [0, 0.05) is 23.5 Å². The largest absolute Gasteiger partial charge is 0.493 e. The molecule has 0 spiro atoms. The molecule has 0 saturated heterocycles. The first-order valence-corrected chi connectivity index (χ1v) is 13.9. The number of fused-ring (bicyclic) bond motifs is 3. The third-order valence-corrected chi connectivity index (χ3v) is 7.66. The van der Waals surface area contributed by atoms with Crippen LogP contribution in [0.5, 0.6) is 28.7 Å². The number of benzene rings is 4. The Morgan fingerprint density at radius 3 is 2.37 bits per heavy atom. The minimum absolute atomic E-state index is 0.0372. The zero-order valence-corrected chi connectivity index (χ0v) is 24.0. The van der Waals surface area contributed by atoms with Crippen LogP contribution >= 0.6 is 0 Å². The Hall–Kier alpha value is -5.24. The van der Waals surface area contributed by atoms with Gasteiger partial charge in [-0.3, -0.25) is 9.59 Å². The Bertz CT molecular complexity index is 1860. The summed E-state index contributed by atoms with van der Waals surface area (Å²) in [4.78, 5) is 26.7. The van der Waals surface area contributed by atoms with Crippen LogP contribution in [0.4, 0.5) is 0 Å². The van der Waals surface area contributed by atoms with E-state index in [1.54, 1.807) is 44.6 Å². The zero-order valence-electron chi connectivity index (χ0n) is 24.0. The Morgan fingerprint density at radius 2 is 1.60 bits per heavy atom. The summed E-state index contributed by atoms with van der Waals surface area (Å²) in [6.07, 6.45) is 2.16. The Morgan fingerprint density at radius 1 is 0.814 bits per heavy atom. The van der Waals surface area contributed by atoms with Gasteiger partial charge in [-0.1, -0.05) is 48.5 Å². The van der Waals surface area contributed by atoms with Crippen molar-refractivity contribution in [3.63, 3.8) is 0 Å². The summed E-state index contributed by atoms with van der Waals surface area (Å²) < 4.78 is 34.6. The number of esters is 1. The number of hydrogen-bond donors (Lipinski definition) is 0. The van der Waals surface area contributed by atoms with Crippen molar-refractivity contribution in [2.24, 2.45) is 0 Å². The monoisotopic (exact) mass is 578 g/mol. The molecule has 2 heterocycles. The number of para-hydroxylation sites is 1. The lowest BCUT2D eigenvalue weighted by Gasteiger charge is -2.27. The van der Waals surface area contributed by atoms with Gasteiger partial charge in [0.05, 0.1) is 45.3 Å². The van der Waals surface area contributed by atoms with E-state index in [1.165, 1.54) is 13.4 Å². The first kappa shape index (κ1) is 27.9. The number of hydrogen-bond acceptors (Lipinski definition) is 8. The SMILES string of the molecule is COc1ccc(-c2coc3c4c(ccc3c2=O)OC(=O)C[C@@H]4c2cccc(OC)c2OCCc2ccccc2)cc1OC. The fourth-order valence-electron chi connectivity index (χ4n) is 5.56. The third kappa shape index (κ3) is 5.28. The predicted octanol–water partition coefficient (Wildman–Crippen LogP) is 6.55. The predicted molar refractivity (Wildman–Crippen MR) is 162 cm³/mol. The molecule has 0 fully saturated rings. The highest BCUT2D eigenvalue weighted by Gasteiger charge is 2.34. The van der Waals surface area contributed by atoms with Gasteiger partial charge in [0.2, 0.25) is 5.43 Å². The number of carbonyl (C=O) groups excluding carboxylic acids is 1. The van der Waals surface area contributed by atoms with E-state index in [2.05, 4.69) is 0 Å². The molecule has 6 rings (SSSR count). The van der Waals surface area contributed by atoms with E-state index >= 15 is 0 Å². The summed E-state index contributed by atoms with van der Waals surface area (Å²) in [5.41, 5.74) is 3.60. The molecule has 0 amide bonds. The van der Waals surface area contributed by atoms with Gasteiger partial charge >= 0.3 is 5.97 Å². The van der Waals surface area contributed by atoms with Crippen molar-refractivity contribution in [2.45, 2.75) is 18.8 Å². The van der Waals surface area contributed by atoms with Gasteiger partial charge < -0.3 is 28.1 Å². The first-order chi connectivity index (χ1) is 21.0. The van der Waals surface area contributed by atoms with Gasteiger partial charge in [-0.25, -0.2) is 0 Å². The summed E-state index contributed by atoms with van der Waals surface area (Å²) in [6, 6.07) is 24.1. The quantitative estimate of drug-likeness (QED) is 0.144. The number of ether oxygens (including phenoxy) is 5. The van der Waals surface area contributed by atoms with Crippen molar-refractivity contribution in [1.29, 1.82) is 0 Å². The van der Waals surface area contributed by atoms with Gasteiger partial charge in [0.15, 0.2) is 23.0 Å². The van der Waals surface area contributed by atoms with Gasteiger partial charge in [-0.05, 0) is 41.5 Å². The summed E-state index contributed by atoms with van der Waals surface area (Å²) in [5, 5.41) is 0.364. The molecule has 8 heteroatoms. The number of carbonyl (C=O) groups is 1. The van der Waals surface area contributed by atoms with Crippen LogP contribution in [-0.4, -0.2) is 33.9 Å². The Balaban J connectivity index is 1.44. The molecule has 218 valence electrons. The van der Waals surface area contributed by atoms with Crippen LogP contribution in [0.2, 0.25) is 0 Å². The lowest BCUT2D eigenvalue weighted by molar-refractivity contribution is -0.135. The van der Waals surface area contributed by atoms with Crippen LogP contribution in [0, 0.1) is 0 Å². The van der Waals surface area contributed by atoms with Crippen LogP contribution in [-0.2, 0) is 11.2 Å². The van der Waals surface area contributed by atoms with E-state index in [1.807, 2.05) is 48.5 Å². The second-order valence-corrected chi connectivity index (χ2v) is 10.1. The molecule has 1 aliphatic rings. The fourth-order valence-corrected chi connectivity index (χ4v) is 5.56. The standard InChI is InChI=1S/C35H30O8/c1-38-27-14-12-22(18-30(27)40-3)26-20-42-35-24(33(26)37)13-15-28-32(35)25(19-31(36)43-28)23-10-7-11-29(39-2)34(23)41-17-16-21-8-5-4-6-9-21/h4-15,18,20,25H,16-17,19H2,1-3H3/t25-/m1/s1. The van der Waals surface area contributed by atoms with Gasteiger partial charge in [-0.2, -0.15) is 0 Å².